The highest BCUT2D eigenvalue weighted by Crippen LogP contribution is 2.30. The minimum atomic E-state index is -0.465. The third-order valence-corrected chi connectivity index (χ3v) is 14.0. The Morgan fingerprint density at radius 1 is 0.613 bits per heavy atom. The van der Waals surface area contributed by atoms with Crippen LogP contribution in [0.25, 0.3) is 22.9 Å². The molecular weight excluding hydrogens is 1000 g/mol. The van der Waals surface area contributed by atoms with Gasteiger partial charge in [0.05, 0.1) is 17.1 Å². The van der Waals surface area contributed by atoms with Crippen LogP contribution in [0.3, 0.4) is 0 Å². The second-order valence-electron chi connectivity index (χ2n) is 17.4. The molecule has 4 amide bonds. The summed E-state index contributed by atoms with van der Waals surface area (Å²) in [7, 11) is 4.14. The minimum Gasteiger partial charge on any atom is -0.378 e. The van der Waals surface area contributed by atoms with Gasteiger partial charge in [-0.3, -0.25) is 29.8 Å². The van der Waals surface area contributed by atoms with Crippen LogP contribution in [0.1, 0.15) is 79.7 Å². The average Bonchev–Trinajstić information content (AvgIpc) is 4.30. The predicted octanol–water partition coefficient (Wildman–Crippen LogP) is 3.69. The van der Waals surface area contributed by atoms with Crippen LogP contribution in [0.5, 0.6) is 0 Å². The minimum absolute atomic E-state index is 0.00869. The summed E-state index contributed by atoms with van der Waals surface area (Å²) in [5, 5.41) is 43.2. The smallest absolute Gasteiger partial charge is 0.274 e. The first-order chi connectivity index (χ1) is 36.3. The summed E-state index contributed by atoms with van der Waals surface area (Å²) in [5.41, 5.74) is 17.7. The van der Waals surface area contributed by atoms with Gasteiger partial charge in [-0.15, -0.1) is 32.9 Å². The molecule has 0 radical (unpaired) electrons. The molecule has 8 heterocycles. The first-order valence-electron chi connectivity index (χ1n) is 23.2. The summed E-state index contributed by atoms with van der Waals surface area (Å²) in [6.45, 7) is 5.59. The van der Waals surface area contributed by atoms with E-state index in [4.69, 9.17) is 16.1 Å². The van der Waals surface area contributed by atoms with E-state index in [1.165, 1.54) is 41.8 Å². The van der Waals surface area contributed by atoms with Gasteiger partial charge in [-0.25, -0.2) is 19.2 Å². The molecule has 2 aliphatic rings. The number of likely N-dealkylation sites (N-methyl/N-ethyl adjacent to an activating group) is 2. The van der Waals surface area contributed by atoms with E-state index in [0.29, 0.717) is 38.3 Å². The fraction of sp³-hybridized carbons (Fsp3) is 0.234. The standard InChI is InChI=1S/C26H24N10O3S.C21H22N10O3S/c1-35-11-10-18-19(14-35)40-26(29-18)30-24(37)17-9-5-6-15(12-17)13-28-25(38)20-21(16-7-3-2-4-8-16)36(34-31-20)23-22(27)32-39-33-23;1-11-16(26-29-31(11)18-17(22)27-34-28-18)20(33)23-9-12-4-3-5-13(8-12)19(32)25-21-24-14-6-7-30(2)10-15(14)35-21/h2-9,12H,10-11,13-14H2,1H3,(H2,27,32)(H,28,38)(H,29,30,37);3-5,8H,6-7,9-10H2,1-2H3,(H2,22,27)(H,23,33)(H,24,25,32). The molecule has 0 saturated carbocycles. The summed E-state index contributed by atoms with van der Waals surface area (Å²) < 4.78 is 11.9. The Morgan fingerprint density at radius 2 is 1.11 bits per heavy atom. The number of amides is 4. The monoisotopic (exact) mass is 1050 g/mol. The number of thiazole rings is 2. The van der Waals surface area contributed by atoms with Crippen LogP contribution in [0.2, 0.25) is 0 Å². The number of nitrogens with zero attached hydrogens (tertiary/aromatic N) is 14. The Hall–Kier alpha value is -9.12. The highest BCUT2D eigenvalue weighted by molar-refractivity contribution is 7.16. The van der Waals surface area contributed by atoms with Crippen molar-refractivity contribution in [2.75, 3.05) is 49.3 Å². The van der Waals surface area contributed by atoms with Gasteiger partial charge in [-0.05, 0) is 77.0 Å². The second-order valence-corrected chi connectivity index (χ2v) is 19.5. The molecule has 0 aliphatic carbocycles. The normalized spacial score (nSPS) is 13.3. The van der Waals surface area contributed by atoms with Gasteiger partial charge in [0, 0.05) is 78.6 Å². The second kappa shape index (κ2) is 21.5. The molecule has 0 bridgehead atoms. The summed E-state index contributed by atoms with van der Waals surface area (Å²) in [4.78, 5) is 67.7. The zero-order valence-electron chi connectivity index (χ0n) is 40.3. The van der Waals surface area contributed by atoms with Crippen LogP contribution < -0.4 is 32.7 Å². The predicted molar refractivity (Wildman–Crippen MR) is 273 cm³/mol. The van der Waals surface area contributed by atoms with Crippen LogP contribution in [0.4, 0.5) is 21.9 Å². The maximum Gasteiger partial charge on any atom is 0.274 e. The zero-order chi connectivity index (χ0) is 52.2. The van der Waals surface area contributed by atoms with Crippen molar-refractivity contribution in [3.63, 3.8) is 0 Å². The molecule has 3 aromatic carbocycles. The van der Waals surface area contributed by atoms with E-state index in [0.717, 1.165) is 61.5 Å². The highest BCUT2D eigenvalue weighted by Gasteiger charge is 2.27. The summed E-state index contributed by atoms with van der Waals surface area (Å²) in [6.07, 6.45) is 1.75. The van der Waals surface area contributed by atoms with Gasteiger partial charge in [-0.2, -0.15) is 9.36 Å². The molecule has 6 aromatic heterocycles. The maximum atomic E-state index is 13.3. The van der Waals surface area contributed by atoms with Crippen LogP contribution in [-0.4, -0.2) is 121 Å². The molecule has 26 nitrogen and oxygen atoms in total. The van der Waals surface area contributed by atoms with Gasteiger partial charge in [-0.1, -0.05) is 65.0 Å². The lowest BCUT2D eigenvalue weighted by atomic mass is 10.1. The third-order valence-electron chi connectivity index (χ3n) is 12.0. The van der Waals surface area contributed by atoms with E-state index in [1.807, 2.05) is 42.5 Å². The van der Waals surface area contributed by atoms with Gasteiger partial charge < -0.3 is 31.9 Å². The third kappa shape index (κ3) is 11.0. The van der Waals surface area contributed by atoms with Gasteiger partial charge in [0.25, 0.3) is 23.6 Å². The summed E-state index contributed by atoms with van der Waals surface area (Å²) in [5.74, 6) is -1.10. The largest absolute Gasteiger partial charge is 0.378 e. The van der Waals surface area contributed by atoms with Gasteiger partial charge in [0.15, 0.2) is 21.7 Å². The molecule has 0 atom stereocenters. The molecule has 28 heteroatoms. The Morgan fingerprint density at radius 3 is 1.63 bits per heavy atom. The van der Waals surface area contributed by atoms with E-state index in [9.17, 15) is 19.2 Å². The number of hydrogen-bond donors (Lipinski definition) is 6. The van der Waals surface area contributed by atoms with Gasteiger partial charge in [0.1, 0.15) is 5.69 Å². The molecular formula is C47H46N20O6S2. The number of nitrogens with two attached hydrogens (primary N) is 2. The quantitative estimate of drug-likeness (QED) is 0.0958. The first kappa shape index (κ1) is 49.5. The van der Waals surface area contributed by atoms with E-state index in [-0.39, 0.29) is 59.6 Å². The number of anilines is 4. The number of carbonyl (C=O) groups excluding carboxylic acids is 4. The Bertz CT molecular complexity index is 3560. The van der Waals surface area contributed by atoms with E-state index in [2.05, 4.69) is 101 Å². The Kier molecular flexibility index (Phi) is 14.2. The number of nitrogen functional groups attached to an aromatic ring is 2. The summed E-state index contributed by atoms with van der Waals surface area (Å²) in [6, 6.07) is 23.2. The number of nitrogens with one attached hydrogen (secondary N) is 4. The van der Waals surface area contributed by atoms with Crippen molar-refractivity contribution < 1.29 is 28.4 Å². The average molecular weight is 1050 g/mol. The Labute approximate surface area is 433 Å². The van der Waals surface area contributed by atoms with E-state index in [1.54, 1.807) is 43.3 Å². The molecule has 11 rings (SSSR count). The lowest BCUT2D eigenvalue weighted by Gasteiger charge is -2.20. The van der Waals surface area contributed by atoms with Crippen molar-refractivity contribution in [2.24, 2.45) is 0 Å². The van der Waals surface area contributed by atoms with Crippen LogP contribution >= 0.6 is 22.7 Å². The molecule has 0 unspecified atom stereocenters. The molecule has 8 N–H and O–H groups in total. The molecule has 0 fully saturated rings. The van der Waals surface area contributed by atoms with Crippen LogP contribution in [-0.2, 0) is 39.0 Å². The molecule has 0 saturated heterocycles. The van der Waals surface area contributed by atoms with Crippen molar-refractivity contribution in [1.29, 1.82) is 0 Å². The van der Waals surface area contributed by atoms with Crippen molar-refractivity contribution in [1.82, 2.24) is 81.0 Å². The van der Waals surface area contributed by atoms with Crippen molar-refractivity contribution >= 4 is 68.2 Å². The highest BCUT2D eigenvalue weighted by atomic mass is 32.1. The van der Waals surface area contributed by atoms with Crippen LogP contribution in [0.15, 0.2) is 88.1 Å². The fourth-order valence-corrected chi connectivity index (χ4v) is 10.3. The first-order valence-corrected chi connectivity index (χ1v) is 24.8. The fourth-order valence-electron chi connectivity index (χ4n) is 8.12. The van der Waals surface area contributed by atoms with E-state index >= 15 is 0 Å². The lowest BCUT2D eigenvalue weighted by Crippen LogP contribution is -2.25. The number of hydrogen-bond acceptors (Lipinski definition) is 22. The van der Waals surface area contributed by atoms with Crippen molar-refractivity contribution in [3.8, 4) is 22.9 Å². The molecule has 0 spiro atoms. The number of rotatable bonds is 13. The maximum absolute atomic E-state index is 13.3. The molecule has 9 aromatic rings. The number of fused-ring (bicyclic) bond motifs is 2. The lowest BCUT2D eigenvalue weighted by molar-refractivity contribution is 0.0937. The van der Waals surface area contributed by atoms with E-state index < -0.39 is 11.8 Å². The molecule has 75 heavy (non-hydrogen) atoms. The van der Waals surface area contributed by atoms with Crippen molar-refractivity contribution in [2.45, 2.75) is 45.9 Å². The zero-order valence-corrected chi connectivity index (χ0v) is 42.0. The van der Waals surface area contributed by atoms with Crippen LogP contribution in [0, 0.1) is 6.92 Å². The molecule has 2 aliphatic heterocycles. The SMILES string of the molecule is CN1CCc2nc(NC(=O)c3cccc(CNC(=O)c4nnn(-c5nonc5N)c4-c4ccccc4)c3)sc2C1.Cc1c(C(=O)NCc2cccc(C(=O)Nc3nc4c(s3)CN(C)CC4)c2)nnn1-c1nonc1N. The summed E-state index contributed by atoms with van der Waals surface area (Å²) >= 11 is 3.00. The Balaban J connectivity index is 0.000000173. The van der Waals surface area contributed by atoms with Crippen molar-refractivity contribution in [3.05, 3.63) is 139 Å². The molecule has 382 valence electrons. The number of carbonyl (C=O) groups is 4. The number of aromatic nitrogens is 12. The number of benzene rings is 3. The topological polar surface area (TPSA) is 340 Å². The van der Waals surface area contributed by atoms with Gasteiger partial charge in [0.2, 0.25) is 23.3 Å². The van der Waals surface area contributed by atoms with Gasteiger partial charge >= 0.3 is 0 Å².